The Morgan fingerprint density at radius 2 is 1.94 bits per heavy atom. The third-order valence-electron chi connectivity index (χ3n) is 2.19. The summed E-state index contributed by atoms with van der Waals surface area (Å²) >= 11 is 7.42. The maximum atomic E-state index is 5.83. The highest BCUT2D eigenvalue weighted by molar-refractivity contribution is 7.09. The molecule has 0 atom stereocenters. The summed E-state index contributed by atoms with van der Waals surface area (Å²) in [6.45, 7) is 5.29. The van der Waals surface area contributed by atoms with Gasteiger partial charge < -0.3 is 10.6 Å². The fourth-order valence-electron chi connectivity index (χ4n) is 1.32. The van der Waals surface area contributed by atoms with Crippen LogP contribution in [-0.2, 0) is 6.54 Å². The third kappa shape index (κ3) is 3.27. The molecule has 0 saturated carbocycles. The Morgan fingerprint density at radius 3 is 2.56 bits per heavy atom. The highest BCUT2D eigenvalue weighted by atomic mass is 35.5. The number of rotatable bonds is 5. The van der Waals surface area contributed by atoms with E-state index in [4.69, 9.17) is 11.6 Å². The lowest BCUT2D eigenvalue weighted by Crippen LogP contribution is -2.08. The fraction of sp³-hybridized carbons (Fsp3) is 0.400. The lowest BCUT2D eigenvalue weighted by Gasteiger charge is -2.06. The van der Waals surface area contributed by atoms with Crippen molar-refractivity contribution in [2.75, 3.05) is 17.2 Å². The number of hydrogen-bond donors (Lipinski definition) is 2. The number of aryl methyl sites for hydroxylation is 1. The Labute approximate surface area is 114 Å². The number of halogens is 1. The van der Waals surface area contributed by atoms with Gasteiger partial charge in [-0.05, 0) is 25.4 Å². The summed E-state index contributed by atoms with van der Waals surface area (Å²) in [5.74, 6) is 0.930. The van der Waals surface area contributed by atoms with E-state index in [9.17, 15) is 0 Å². The zero-order chi connectivity index (χ0) is 13.0. The molecule has 96 valence electrons. The van der Waals surface area contributed by atoms with Crippen LogP contribution in [0.4, 0.5) is 11.9 Å². The smallest absolute Gasteiger partial charge is 0.229 e. The number of anilines is 2. The summed E-state index contributed by atoms with van der Waals surface area (Å²) < 4.78 is 0. The molecule has 2 aromatic heterocycles. The van der Waals surface area contributed by atoms with Gasteiger partial charge in [-0.25, -0.2) is 4.98 Å². The van der Waals surface area contributed by atoms with E-state index in [-0.39, 0.29) is 5.28 Å². The van der Waals surface area contributed by atoms with Crippen LogP contribution in [0.15, 0.2) is 5.51 Å². The van der Waals surface area contributed by atoms with Gasteiger partial charge in [0.1, 0.15) is 0 Å². The molecule has 0 saturated heterocycles. The van der Waals surface area contributed by atoms with Gasteiger partial charge in [0.15, 0.2) is 0 Å². The lowest BCUT2D eigenvalue weighted by molar-refractivity contribution is 0.988. The van der Waals surface area contributed by atoms with Gasteiger partial charge in [0.05, 0.1) is 17.7 Å². The summed E-state index contributed by atoms with van der Waals surface area (Å²) in [4.78, 5) is 17.5. The number of thiazole rings is 1. The van der Waals surface area contributed by atoms with Gasteiger partial charge in [-0.15, -0.1) is 11.3 Å². The van der Waals surface area contributed by atoms with E-state index in [0.29, 0.717) is 18.4 Å². The first-order valence-corrected chi connectivity index (χ1v) is 6.73. The summed E-state index contributed by atoms with van der Waals surface area (Å²) in [5, 5.41) is 6.28. The second-order valence-electron chi connectivity index (χ2n) is 3.50. The van der Waals surface area contributed by atoms with Crippen molar-refractivity contribution in [3.05, 3.63) is 21.4 Å². The SMILES string of the molecule is CCNc1nc(Cl)nc(NCc2scnc2C)n1. The van der Waals surface area contributed by atoms with Gasteiger partial charge in [-0.1, -0.05) is 0 Å². The minimum atomic E-state index is 0.171. The maximum Gasteiger partial charge on any atom is 0.229 e. The number of aromatic nitrogens is 4. The van der Waals surface area contributed by atoms with E-state index in [1.54, 1.807) is 11.3 Å². The molecule has 0 aliphatic rings. The Balaban J connectivity index is 2.07. The fourth-order valence-corrected chi connectivity index (χ4v) is 2.20. The van der Waals surface area contributed by atoms with E-state index in [0.717, 1.165) is 17.1 Å². The van der Waals surface area contributed by atoms with E-state index in [1.165, 1.54) is 0 Å². The molecule has 6 nitrogen and oxygen atoms in total. The molecule has 0 amide bonds. The van der Waals surface area contributed by atoms with Crippen molar-refractivity contribution in [2.24, 2.45) is 0 Å². The minimum absolute atomic E-state index is 0.171. The predicted octanol–water partition coefficient (Wildman–Crippen LogP) is 2.33. The van der Waals surface area contributed by atoms with E-state index < -0.39 is 0 Å². The molecule has 2 rings (SSSR count). The van der Waals surface area contributed by atoms with Gasteiger partial charge in [0.2, 0.25) is 17.2 Å². The number of hydrogen-bond acceptors (Lipinski definition) is 7. The first kappa shape index (κ1) is 13.0. The van der Waals surface area contributed by atoms with Gasteiger partial charge in [0.25, 0.3) is 0 Å². The Bertz CT molecular complexity index is 529. The number of nitrogens with zero attached hydrogens (tertiary/aromatic N) is 4. The normalized spacial score (nSPS) is 10.4. The standard InChI is InChI=1S/C10H13ClN6S/c1-3-12-9-15-8(11)16-10(17-9)13-4-7-6(2)14-5-18-7/h5H,3-4H2,1-2H3,(H2,12,13,15,16,17). The molecule has 8 heteroatoms. The average molecular weight is 285 g/mol. The molecular weight excluding hydrogens is 272 g/mol. The molecule has 2 aromatic rings. The molecule has 2 N–H and O–H groups in total. The van der Waals surface area contributed by atoms with E-state index in [2.05, 4.69) is 30.6 Å². The van der Waals surface area contributed by atoms with Crippen LogP contribution in [0.2, 0.25) is 5.28 Å². The molecule has 18 heavy (non-hydrogen) atoms. The van der Waals surface area contributed by atoms with Crippen LogP contribution in [-0.4, -0.2) is 26.5 Å². The average Bonchev–Trinajstić information content (AvgIpc) is 2.72. The molecule has 0 aliphatic heterocycles. The maximum absolute atomic E-state index is 5.83. The van der Waals surface area contributed by atoms with Crippen LogP contribution in [0.25, 0.3) is 0 Å². The van der Waals surface area contributed by atoms with Crippen LogP contribution < -0.4 is 10.6 Å². The lowest BCUT2D eigenvalue weighted by atomic mass is 10.4. The summed E-state index contributed by atoms with van der Waals surface area (Å²) in [5.41, 5.74) is 2.83. The van der Waals surface area contributed by atoms with Crippen LogP contribution in [0.5, 0.6) is 0 Å². The Kier molecular flexibility index (Phi) is 4.27. The monoisotopic (exact) mass is 284 g/mol. The van der Waals surface area contributed by atoms with Gasteiger partial charge in [-0.3, -0.25) is 0 Å². The van der Waals surface area contributed by atoms with Crippen molar-refractivity contribution in [1.82, 2.24) is 19.9 Å². The molecule has 0 aromatic carbocycles. The van der Waals surface area contributed by atoms with Crippen molar-refractivity contribution in [1.29, 1.82) is 0 Å². The first-order valence-electron chi connectivity index (χ1n) is 5.47. The van der Waals surface area contributed by atoms with Crippen LogP contribution in [0.3, 0.4) is 0 Å². The van der Waals surface area contributed by atoms with Crippen molar-refractivity contribution in [3.8, 4) is 0 Å². The van der Waals surface area contributed by atoms with Crippen LogP contribution in [0, 0.1) is 6.92 Å². The Morgan fingerprint density at radius 1 is 1.22 bits per heavy atom. The summed E-state index contributed by atoms with van der Waals surface area (Å²) in [6.07, 6.45) is 0. The zero-order valence-corrected chi connectivity index (χ0v) is 11.6. The first-order chi connectivity index (χ1) is 8.69. The molecule has 0 aliphatic carbocycles. The van der Waals surface area contributed by atoms with Gasteiger partial charge >= 0.3 is 0 Å². The molecule has 0 bridgehead atoms. The van der Waals surface area contributed by atoms with Gasteiger partial charge in [0, 0.05) is 11.4 Å². The van der Waals surface area contributed by atoms with Gasteiger partial charge in [-0.2, -0.15) is 15.0 Å². The second kappa shape index (κ2) is 5.92. The van der Waals surface area contributed by atoms with Crippen LogP contribution in [0.1, 0.15) is 17.5 Å². The largest absolute Gasteiger partial charge is 0.354 e. The highest BCUT2D eigenvalue weighted by Gasteiger charge is 2.06. The molecule has 2 heterocycles. The van der Waals surface area contributed by atoms with Crippen molar-refractivity contribution in [3.63, 3.8) is 0 Å². The number of nitrogens with one attached hydrogen (secondary N) is 2. The molecule has 0 unspecified atom stereocenters. The van der Waals surface area contributed by atoms with E-state index >= 15 is 0 Å². The second-order valence-corrected chi connectivity index (χ2v) is 4.77. The van der Waals surface area contributed by atoms with Crippen molar-refractivity contribution in [2.45, 2.75) is 20.4 Å². The van der Waals surface area contributed by atoms with Crippen molar-refractivity contribution >= 4 is 34.8 Å². The third-order valence-corrected chi connectivity index (χ3v) is 3.30. The topological polar surface area (TPSA) is 75.6 Å². The Hall–Kier alpha value is -1.47. The molecule has 0 fully saturated rings. The predicted molar refractivity (Wildman–Crippen MR) is 73.2 cm³/mol. The summed E-state index contributed by atoms with van der Waals surface area (Å²) in [7, 11) is 0. The molecular formula is C10H13ClN6S. The van der Waals surface area contributed by atoms with Crippen LogP contribution >= 0.6 is 22.9 Å². The molecule has 0 radical (unpaired) electrons. The van der Waals surface area contributed by atoms with Crippen molar-refractivity contribution < 1.29 is 0 Å². The molecule has 0 spiro atoms. The highest BCUT2D eigenvalue weighted by Crippen LogP contribution is 2.15. The minimum Gasteiger partial charge on any atom is -0.354 e. The summed E-state index contributed by atoms with van der Waals surface area (Å²) in [6, 6.07) is 0. The zero-order valence-electron chi connectivity index (χ0n) is 10.1. The van der Waals surface area contributed by atoms with E-state index in [1.807, 2.05) is 19.4 Å². The quantitative estimate of drug-likeness (QED) is 0.878.